The van der Waals surface area contributed by atoms with Crippen molar-refractivity contribution in [2.45, 2.75) is 11.5 Å². The lowest BCUT2D eigenvalue weighted by Gasteiger charge is -2.13. The fraction of sp³-hybridized carbons (Fsp3) is 0.0741. The highest BCUT2D eigenvalue weighted by atomic mass is 32.2. The molecule has 3 aromatic carbocycles. The van der Waals surface area contributed by atoms with Crippen molar-refractivity contribution in [3.05, 3.63) is 113 Å². The summed E-state index contributed by atoms with van der Waals surface area (Å²) in [6.45, 7) is 0.0911. The second-order valence-electron chi connectivity index (χ2n) is 7.43. The lowest BCUT2D eigenvalue weighted by Crippen LogP contribution is -2.33. The number of carbonyl (C=O) groups excluding carboxylic acids is 3. The van der Waals surface area contributed by atoms with Gasteiger partial charge in [-0.2, -0.15) is 0 Å². The Hall–Kier alpha value is -4.17. The van der Waals surface area contributed by atoms with Gasteiger partial charge in [-0.05, 0) is 54.1 Å². The van der Waals surface area contributed by atoms with E-state index in [0.29, 0.717) is 23.0 Å². The van der Waals surface area contributed by atoms with Crippen LogP contribution in [-0.2, 0) is 21.0 Å². The van der Waals surface area contributed by atoms with Crippen molar-refractivity contribution in [2.75, 3.05) is 6.61 Å². The van der Waals surface area contributed by atoms with Crippen molar-refractivity contribution in [1.82, 2.24) is 5.32 Å². The highest BCUT2D eigenvalue weighted by Gasteiger charge is 2.22. The van der Waals surface area contributed by atoms with Gasteiger partial charge in [-0.25, -0.2) is 4.39 Å². The molecule has 3 aromatic rings. The molecule has 0 spiro atoms. The van der Waals surface area contributed by atoms with E-state index in [4.69, 9.17) is 9.47 Å². The summed E-state index contributed by atoms with van der Waals surface area (Å²) in [4.78, 5) is 37.8. The molecular formula is C27H20FNO5S. The Labute approximate surface area is 205 Å². The summed E-state index contributed by atoms with van der Waals surface area (Å²) in [5.41, 5.74) is 0.919. The summed E-state index contributed by atoms with van der Waals surface area (Å²) in [5.74, 6) is -0.810. The van der Waals surface area contributed by atoms with Crippen LogP contribution in [0, 0.1) is 5.82 Å². The van der Waals surface area contributed by atoms with Crippen LogP contribution in [0.2, 0.25) is 0 Å². The monoisotopic (exact) mass is 489 g/mol. The van der Waals surface area contributed by atoms with Crippen LogP contribution >= 0.6 is 11.8 Å². The largest absolute Gasteiger partial charge is 0.489 e. The SMILES string of the molecule is O=C(COc1ccc(OCc2ccccc2)cc1)NC1=CC(=O)C(Sc2ccc(F)cc2)=CC1=O. The van der Waals surface area contributed by atoms with Crippen LogP contribution < -0.4 is 14.8 Å². The number of allylic oxidation sites excluding steroid dienone is 3. The minimum atomic E-state index is -0.579. The quantitative estimate of drug-likeness (QED) is 0.442. The molecule has 8 heteroatoms. The van der Waals surface area contributed by atoms with Gasteiger partial charge in [0.1, 0.15) is 23.9 Å². The predicted molar refractivity (Wildman–Crippen MR) is 129 cm³/mol. The Morgan fingerprint density at radius 2 is 1.46 bits per heavy atom. The number of ether oxygens (including phenoxy) is 2. The molecule has 0 unspecified atom stereocenters. The molecule has 0 atom stereocenters. The lowest BCUT2D eigenvalue weighted by molar-refractivity contribution is -0.124. The van der Waals surface area contributed by atoms with Crippen molar-refractivity contribution in [3.8, 4) is 11.5 Å². The summed E-state index contributed by atoms with van der Waals surface area (Å²) in [6, 6.07) is 22.1. The Morgan fingerprint density at radius 1 is 0.800 bits per heavy atom. The van der Waals surface area contributed by atoms with Crippen LogP contribution in [-0.4, -0.2) is 24.1 Å². The minimum absolute atomic E-state index is 0.128. The van der Waals surface area contributed by atoms with Gasteiger partial charge < -0.3 is 14.8 Å². The first kappa shape index (κ1) is 24.0. The predicted octanol–water partition coefficient (Wildman–Crippen LogP) is 4.61. The van der Waals surface area contributed by atoms with Crippen LogP contribution in [0.15, 0.2) is 107 Å². The third-order valence-electron chi connectivity index (χ3n) is 4.80. The number of ketones is 2. The van der Waals surface area contributed by atoms with E-state index in [9.17, 15) is 18.8 Å². The molecule has 6 nitrogen and oxygen atoms in total. The molecule has 0 saturated carbocycles. The van der Waals surface area contributed by atoms with E-state index in [0.717, 1.165) is 29.5 Å². The van der Waals surface area contributed by atoms with Crippen molar-refractivity contribution in [2.24, 2.45) is 0 Å². The van der Waals surface area contributed by atoms with Crippen LogP contribution in [0.5, 0.6) is 11.5 Å². The first-order valence-electron chi connectivity index (χ1n) is 10.6. The Morgan fingerprint density at radius 3 is 2.14 bits per heavy atom. The first-order chi connectivity index (χ1) is 17.0. The molecule has 4 rings (SSSR count). The van der Waals surface area contributed by atoms with Gasteiger partial charge in [0.05, 0.1) is 10.6 Å². The van der Waals surface area contributed by atoms with Crippen LogP contribution in [0.3, 0.4) is 0 Å². The third-order valence-corrected chi connectivity index (χ3v) is 5.85. The Balaban J connectivity index is 1.25. The van der Waals surface area contributed by atoms with E-state index < -0.39 is 23.3 Å². The van der Waals surface area contributed by atoms with E-state index in [1.807, 2.05) is 30.3 Å². The van der Waals surface area contributed by atoms with Gasteiger partial charge in [-0.3, -0.25) is 14.4 Å². The van der Waals surface area contributed by atoms with Crippen molar-refractivity contribution >= 4 is 29.2 Å². The van der Waals surface area contributed by atoms with Crippen LogP contribution in [0.1, 0.15) is 5.56 Å². The molecule has 176 valence electrons. The summed E-state index contributed by atoms with van der Waals surface area (Å²) in [6.07, 6.45) is 2.23. The van der Waals surface area contributed by atoms with Gasteiger partial charge in [0.2, 0.25) is 5.78 Å². The second kappa shape index (κ2) is 11.3. The molecular weight excluding hydrogens is 469 g/mol. The molecule has 0 bridgehead atoms. The molecule has 35 heavy (non-hydrogen) atoms. The third kappa shape index (κ3) is 6.91. The fourth-order valence-electron chi connectivity index (χ4n) is 3.06. The molecule has 1 amide bonds. The smallest absolute Gasteiger partial charge is 0.262 e. The highest BCUT2D eigenvalue weighted by Crippen LogP contribution is 2.30. The second-order valence-corrected chi connectivity index (χ2v) is 8.55. The molecule has 1 aliphatic carbocycles. The molecule has 0 heterocycles. The number of carbonyl (C=O) groups is 3. The zero-order valence-electron chi connectivity index (χ0n) is 18.4. The maximum Gasteiger partial charge on any atom is 0.262 e. The number of rotatable bonds is 9. The molecule has 1 aliphatic rings. The topological polar surface area (TPSA) is 81.7 Å². The normalized spacial score (nSPS) is 13.1. The van der Waals surface area contributed by atoms with Crippen molar-refractivity contribution in [3.63, 3.8) is 0 Å². The van der Waals surface area contributed by atoms with E-state index in [2.05, 4.69) is 5.32 Å². The zero-order chi connectivity index (χ0) is 24.6. The average Bonchev–Trinajstić information content (AvgIpc) is 2.87. The van der Waals surface area contributed by atoms with Crippen LogP contribution in [0.25, 0.3) is 0 Å². The van der Waals surface area contributed by atoms with Gasteiger partial charge in [0, 0.05) is 17.0 Å². The summed E-state index contributed by atoms with van der Waals surface area (Å²) < 4.78 is 24.2. The van der Waals surface area contributed by atoms with Gasteiger partial charge in [0.25, 0.3) is 5.91 Å². The summed E-state index contributed by atoms with van der Waals surface area (Å²) >= 11 is 1.05. The van der Waals surface area contributed by atoms with Crippen molar-refractivity contribution < 1.29 is 28.2 Å². The van der Waals surface area contributed by atoms with Crippen molar-refractivity contribution in [1.29, 1.82) is 0 Å². The number of halogens is 1. The van der Waals surface area contributed by atoms with E-state index in [1.54, 1.807) is 24.3 Å². The minimum Gasteiger partial charge on any atom is -0.489 e. The number of nitrogens with one attached hydrogen (secondary N) is 1. The maximum atomic E-state index is 13.0. The number of hydrogen-bond donors (Lipinski definition) is 1. The van der Waals surface area contributed by atoms with Crippen LogP contribution in [0.4, 0.5) is 4.39 Å². The van der Waals surface area contributed by atoms with Gasteiger partial charge in [0.15, 0.2) is 12.4 Å². The zero-order valence-corrected chi connectivity index (χ0v) is 19.2. The standard InChI is InChI=1S/C27H20FNO5S/c28-19-6-12-22(13-7-19)35-26-15-24(30)23(14-25(26)31)29-27(32)17-34-21-10-8-20(9-11-21)33-16-18-4-2-1-3-5-18/h1-15H,16-17H2,(H,29,32). The van der Waals surface area contributed by atoms with E-state index >= 15 is 0 Å². The number of benzene rings is 3. The Bertz CT molecular complexity index is 1290. The maximum absolute atomic E-state index is 13.0. The molecule has 0 aliphatic heterocycles. The number of hydrogen-bond acceptors (Lipinski definition) is 6. The van der Waals surface area contributed by atoms with E-state index in [-0.39, 0.29) is 17.2 Å². The summed E-state index contributed by atoms with van der Waals surface area (Å²) in [7, 11) is 0. The van der Waals surface area contributed by atoms with Gasteiger partial charge in [-0.15, -0.1) is 0 Å². The Kier molecular flexibility index (Phi) is 7.74. The van der Waals surface area contributed by atoms with Gasteiger partial charge in [-0.1, -0.05) is 42.1 Å². The summed E-state index contributed by atoms with van der Waals surface area (Å²) in [5, 5.41) is 2.41. The lowest BCUT2D eigenvalue weighted by atomic mass is 10.1. The molecule has 0 saturated heterocycles. The average molecular weight is 490 g/mol. The molecule has 0 aromatic heterocycles. The van der Waals surface area contributed by atoms with E-state index in [1.165, 1.54) is 24.3 Å². The van der Waals surface area contributed by atoms with Gasteiger partial charge >= 0.3 is 0 Å². The fourth-order valence-corrected chi connectivity index (χ4v) is 3.91. The first-order valence-corrected chi connectivity index (χ1v) is 11.4. The molecule has 0 fully saturated rings. The molecule has 0 radical (unpaired) electrons. The number of thioether (sulfide) groups is 1. The highest BCUT2D eigenvalue weighted by molar-refractivity contribution is 8.04. The number of amides is 1. The molecule has 1 N–H and O–H groups in total.